The number of nitrogens with zero attached hydrogens (tertiary/aromatic N) is 1. The summed E-state index contributed by atoms with van der Waals surface area (Å²) in [6.07, 6.45) is 0. The molecule has 0 aliphatic rings. The Hall–Kier alpha value is -4.58. The van der Waals surface area contributed by atoms with Crippen molar-refractivity contribution in [3.8, 4) is 11.5 Å². The second-order valence-corrected chi connectivity index (χ2v) is 9.01. The maximum atomic E-state index is 12.8. The molecule has 0 radical (unpaired) electrons. The molecule has 0 spiro atoms. The average molecular weight is 497 g/mol. The molecular formula is C23H20N4O7S. The van der Waals surface area contributed by atoms with E-state index in [9.17, 15) is 23.3 Å². The molecule has 180 valence electrons. The number of nitro groups is 1. The van der Waals surface area contributed by atoms with Gasteiger partial charge in [0.1, 0.15) is 22.7 Å². The number of aromatic amines is 1. The Labute approximate surface area is 199 Å². The predicted molar refractivity (Wildman–Crippen MR) is 129 cm³/mol. The molecule has 0 atom stereocenters. The number of aromatic nitrogens is 1. The first kappa shape index (κ1) is 23.6. The van der Waals surface area contributed by atoms with E-state index in [1.165, 1.54) is 50.6 Å². The minimum absolute atomic E-state index is 0.0619. The molecule has 1 aromatic heterocycles. The molecule has 0 fully saturated rings. The second-order valence-electron chi connectivity index (χ2n) is 7.33. The van der Waals surface area contributed by atoms with Gasteiger partial charge in [0, 0.05) is 35.0 Å². The number of H-pyrrole nitrogens is 1. The third-order valence-corrected chi connectivity index (χ3v) is 6.47. The number of hydrogen-bond donors (Lipinski definition) is 3. The van der Waals surface area contributed by atoms with Crippen LogP contribution in [0.2, 0.25) is 0 Å². The molecule has 3 aromatic carbocycles. The summed E-state index contributed by atoms with van der Waals surface area (Å²) >= 11 is 0. The van der Waals surface area contributed by atoms with Crippen LogP contribution in [0.1, 0.15) is 10.5 Å². The predicted octanol–water partition coefficient (Wildman–Crippen LogP) is 3.96. The fourth-order valence-corrected chi connectivity index (χ4v) is 4.45. The average Bonchev–Trinajstić information content (AvgIpc) is 3.30. The number of carbonyl (C=O) groups is 1. The zero-order valence-corrected chi connectivity index (χ0v) is 19.4. The number of carbonyl (C=O) groups excluding carboxylic acids is 1. The molecule has 0 saturated carbocycles. The van der Waals surface area contributed by atoms with Crippen molar-refractivity contribution in [2.45, 2.75) is 4.90 Å². The normalized spacial score (nSPS) is 11.1. The third kappa shape index (κ3) is 4.87. The van der Waals surface area contributed by atoms with Crippen LogP contribution in [-0.2, 0) is 10.0 Å². The molecular weight excluding hydrogens is 476 g/mol. The minimum atomic E-state index is -4.23. The van der Waals surface area contributed by atoms with Gasteiger partial charge in [0.15, 0.2) is 0 Å². The van der Waals surface area contributed by atoms with Gasteiger partial charge in [-0.25, -0.2) is 13.1 Å². The Morgan fingerprint density at radius 2 is 1.66 bits per heavy atom. The first-order valence-corrected chi connectivity index (χ1v) is 11.6. The number of anilines is 2. The van der Waals surface area contributed by atoms with Crippen molar-refractivity contribution in [3.63, 3.8) is 0 Å². The topological polar surface area (TPSA) is 153 Å². The molecule has 1 amide bonds. The maximum Gasteiger partial charge on any atom is 0.293 e. The molecule has 4 rings (SSSR count). The van der Waals surface area contributed by atoms with Crippen molar-refractivity contribution < 1.29 is 27.6 Å². The molecule has 0 unspecified atom stereocenters. The number of ether oxygens (including phenoxy) is 2. The van der Waals surface area contributed by atoms with Crippen molar-refractivity contribution >= 4 is 43.9 Å². The van der Waals surface area contributed by atoms with Crippen molar-refractivity contribution in [2.24, 2.45) is 0 Å². The zero-order chi connectivity index (χ0) is 25.2. The summed E-state index contributed by atoms with van der Waals surface area (Å²) < 4.78 is 37.6. The van der Waals surface area contributed by atoms with Crippen LogP contribution in [0.5, 0.6) is 11.5 Å². The summed E-state index contributed by atoms with van der Waals surface area (Å²) in [5, 5.41) is 15.0. The maximum absolute atomic E-state index is 12.8. The number of amides is 1. The number of nitro benzene ring substituents is 1. The largest absolute Gasteiger partial charge is 0.497 e. The van der Waals surface area contributed by atoms with Gasteiger partial charge in [0.05, 0.1) is 24.0 Å². The van der Waals surface area contributed by atoms with Gasteiger partial charge in [-0.05, 0) is 36.4 Å². The van der Waals surface area contributed by atoms with Gasteiger partial charge in [0.25, 0.3) is 21.6 Å². The van der Waals surface area contributed by atoms with E-state index in [0.717, 1.165) is 0 Å². The SMILES string of the molecule is COc1cccc(Nc2ccc([N+](=O)[O-])c3[nH]c(C(=O)NS(=O)(=O)c4cccc(OC)c4)cc23)c1. The van der Waals surface area contributed by atoms with Crippen LogP contribution in [0, 0.1) is 10.1 Å². The smallest absolute Gasteiger partial charge is 0.293 e. The number of benzene rings is 3. The van der Waals surface area contributed by atoms with E-state index >= 15 is 0 Å². The Morgan fingerprint density at radius 1 is 0.971 bits per heavy atom. The Kier molecular flexibility index (Phi) is 6.30. The highest BCUT2D eigenvalue weighted by molar-refractivity contribution is 7.90. The van der Waals surface area contributed by atoms with Crippen LogP contribution in [0.15, 0.2) is 71.6 Å². The number of fused-ring (bicyclic) bond motifs is 1. The number of rotatable bonds is 8. The lowest BCUT2D eigenvalue weighted by Gasteiger charge is -2.09. The third-order valence-electron chi connectivity index (χ3n) is 5.14. The van der Waals surface area contributed by atoms with Gasteiger partial charge in [-0.1, -0.05) is 12.1 Å². The van der Waals surface area contributed by atoms with E-state index in [1.807, 2.05) is 4.72 Å². The van der Waals surface area contributed by atoms with E-state index < -0.39 is 20.9 Å². The van der Waals surface area contributed by atoms with E-state index in [0.29, 0.717) is 28.3 Å². The number of hydrogen-bond acceptors (Lipinski definition) is 8. The van der Waals surface area contributed by atoms with Crippen molar-refractivity contribution in [3.05, 3.63) is 82.5 Å². The molecule has 0 aliphatic heterocycles. The Bertz CT molecular complexity index is 1550. The van der Waals surface area contributed by atoms with Crippen molar-refractivity contribution in [2.75, 3.05) is 19.5 Å². The zero-order valence-electron chi connectivity index (χ0n) is 18.6. The summed E-state index contributed by atoms with van der Waals surface area (Å²) in [4.78, 5) is 26.3. The fourth-order valence-electron chi connectivity index (χ4n) is 3.45. The summed E-state index contributed by atoms with van der Waals surface area (Å²) in [6, 6.07) is 16.8. The van der Waals surface area contributed by atoms with Gasteiger partial charge in [0.2, 0.25) is 0 Å². The van der Waals surface area contributed by atoms with Gasteiger partial charge < -0.3 is 19.8 Å². The highest BCUT2D eigenvalue weighted by Crippen LogP contribution is 2.34. The first-order valence-electron chi connectivity index (χ1n) is 10.1. The van der Waals surface area contributed by atoms with E-state index in [2.05, 4.69) is 10.3 Å². The lowest BCUT2D eigenvalue weighted by Crippen LogP contribution is -2.30. The van der Waals surface area contributed by atoms with Crippen LogP contribution in [0.4, 0.5) is 17.1 Å². The summed E-state index contributed by atoms with van der Waals surface area (Å²) in [7, 11) is -1.32. The van der Waals surface area contributed by atoms with Crippen LogP contribution in [0.25, 0.3) is 10.9 Å². The highest BCUT2D eigenvalue weighted by atomic mass is 32.2. The molecule has 1 heterocycles. The standard InChI is InChI=1S/C23H20N4O7S/c1-33-15-6-3-5-14(11-15)24-19-9-10-21(27(29)30)22-18(19)13-20(25-22)23(28)26-35(31,32)17-8-4-7-16(12-17)34-2/h3-13,24-25H,1-2H3,(H,26,28). The van der Waals surface area contributed by atoms with Crippen LogP contribution >= 0.6 is 0 Å². The summed E-state index contributed by atoms with van der Waals surface area (Å²) in [5.41, 5.74) is 0.726. The summed E-state index contributed by atoms with van der Waals surface area (Å²) in [5.74, 6) is -0.0782. The van der Waals surface area contributed by atoms with E-state index in [-0.39, 0.29) is 21.8 Å². The lowest BCUT2D eigenvalue weighted by atomic mass is 10.1. The molecule has 0 aliphatic carbocycles. The number of nitrogens with one attached hydrogen (secondary N) is 3. The number of sulfonamides is 1. The van der Waals surface area contributed by atoms with Gasteiger partial charge in [-0.3, -0.25) is 14.9 Å². The van der Waals surface area contributed by atoms with Crippen LogP contribution in [-0.4, -0.2) is 38.5 Å². The lowest BCUT2D eigenvalue weighted by molar-refractivity contribution is -0.383. The monoisotopic (exact) mass is 496 g/mol. The van der Waals surface area contributed by atoms with E-state index in [4.69, 9.17) is 9.47 Å². The summed E-state index contributed by atoms with van der Waals surface area (Å²) in [6.45, 7) is 0. The molecule has 35 heavy (non-hydrogen) atoms. The van der Waals surface area contributed by atoms with Crippen LogP contribution < -0.4 is 19.5 Å². The van der Waals surface area contributed by atoms with E-state index in [1.54, 1.807) is 30.3 Å². The van der Waals surface area contributed by atoms with Crippen LogP contribution in [0.3, 0.4) is 0 Å². The first-order chi connectivity index (χ1) is 16.7. The van der Waals surface area contributed by atoms with Gasteiger partial charge >= 0.3 is 0 Å². The highest BCUT2D eigenvalue weighted by Gasteiger charge is 2.24. The molecule has 3 N–H and O–H groups in total. The second kappa shape index (κ2) is 9.35. The fraction of sp³-hybridized carbons (Fsp3) is 0.0870. The quantitative estimate of drug-likeness (QED) is 0.245. The van der Waals surface area contributed by atoms with Gasteiger partial charge in [-0.15, -0.1) is 0 Å². The molecule has 0 saturated heterocycles. The van der Waals surface area contributed by atoms with Crippen molar-refractivity contribution in [1.29, 1.82) is 0 Å². The molecule has 11 nitrogen and oxygen atoms in total. The number of methoxy groups -OCH3 is 2. The minimum Gasteiger partial charge on any atom is -0.497 e. The van der Waals surface area contributed by atoms with Gasteiger partial charge in [-0.2, -0.15) is 0 Å². The molecule has 12 heteroatoms. The molecule has 0 bridgehead atoms. The van der Waals surface area contributed by atoms with Crippen molar-refractivity contribution in [1.82, 2.24) is 9.71 Å². The Morgan fingerprint density at radius 3 is 2.34 bits per heavy atom. The Balaban J connectivity index is 1.71. The number of non-ortho nitro benzene ring substituents is 1. The molecule has 4 aromatic rings.